The van der Waals surface area contributed by atoms with Crippen LogP contribution in [0.5, 0.6) is 5.75 Å². The number of hydrogen-bond acceptors (Lipinski definition) is 3. The molecule has 1 heterocycles. The van der Waals surface area contributed by atoms with Crippen LogP contribution in [0.25, 0.3) is 10.8 Å². The van der Waals surface area contributed by atoms with Crippen LogP contribution in [-0.4, -0.2) is 4.98 Å². The first-order valence-electron chi connectivity index (χ1n) is 9.27. The number of benzene rings is 3. The molecule has 0 aliphatic heterocycles. The highest BCUT2D eigenvalue weighted by Crippen LogP contribution is 2.29. The van der Waals surface area contributed by atoms with E-state index in [-0.39, 0.29) is 12.4 Å². The van der Waals surface area contributed by atoms with Crippen molar-refractivity contribution < 1.29 is 4.74 Å². The lowest BCUT2D eigenvalue weighted by molar-refractivity contribution is 0.302. The molecule has 148 valence electrons. The molecule has 0 amide bonds. The predicted octanol–water partition coefficient (Wildman–Crippen LogP) is 6.18. The van der Waals surface area contributed by atoms with Gasteiger partial charge in [-0.05, 0) is 52.2 Å². The Hall–Kier alpha value is -2.59. The molecule has 1 N–H and O–H groups in total. The van der Waals surface area contributed by atoms with Crippen LogP contribution < -0.4 is 10.1 Å². The molecule has 3 nitrogen and oxygen atoms in total. The van der Waals surface area contributed by atoms with E-state index in [4.69, 9.17) is 16.3 Å². The van der Waals surface area contributed by atoms with E-state index < -0.39 is 0 Å². The molecule has 0 radical (unpaired) electrons. The van der Waals surface area contributed by atoms with Crippen LogP contribution in [0.2, 0.25) is 5.02 Å². The van der Waals surface area contributed by atoms with Crippen molar-refractivity contribution >= 4 is 34.8 Å². The summed E-state index contributed by atoms with van der Waals surface area (Å²) in [6, 6.07) is 24.4. The first-order valence-corrected chi connectivity index (χ1v) is 9.65. The van der Waals surface area contributed by atoms with E-state index in [1.165, 1.54) is 21.9 Å². The minimum absolute atomic E-state index is 0. The quantitative estimate of drug-likeness (QED) is 0.384. The lowest BCUT2D eigenvalue weighted by Gasteiger charge is -2.15. The fourth-order valence-electron chi connectivity index (χ4n) is 3.21. The fourth-order valence-corrected chi connectivity index (χ4v) is 3.33. The highest BCUT2D eigenvalue weighted by molar-refractivity contribution is 6.30. The number of nitrogens with one attached hydrogen (secondary N) is 1. The van der Waals surface area contributed by atoms with Crippen LogP contribution in [0, 0.1) is 0 Å². The van der Waals surface area contributed by atoms with Crippen molar-refractivity contribution in [3.8, 4) is 5.75 Å². The Balaban J connectivity index is 0.00000240. The summed E-state index contributed by atoms with van der Waals surface area (Å²) in [7, 11) is 0. The van der Waals surface area contributed by atoms with Crippen LogP contribution in [-0.2, 0) is 19.7 Å². The van der Waals surface area contributed by atoms with E-state index >= 15 is 0 Å². The highest BCUT2D eigenvalue weighted by Gasteiger charge is 2.09. The highest BCUT2D eigenvalue weighted by atomic mass is 35.5. The maximum absolute atomic E-state index is 6.18. The average molecular weight is 425 g/mol. The summed E-state index contributed by atoms with van der Waals surface area (Å²) >= 11 is 5.97. The van der Waals surface area contributed by atoms with E-state index in [1.807, 2.05) is 48.8 Å². The number of ether oxygens (including phenoxy) is 1. The van der Waals surface area contributed by atoms with Gasteiger partial charge >= 0.3 is 0 Å². The molecule has 0 fully saturated rings. The van der Waals surface area contributed by atoms with Gasteiger partial charge in [0.1, 0.15) is 12.4 Å². The monoisotopic (exact) mass is 424 g/mol. The normalized spacial score (nSPS) is 10.5. The minimum atomic E-state index is 0. The molecule has 1 aromatic heterocycles. The fraction of sp³-hybridized carbons (Fsp3) is 0.125. The van der Waals surface area contributed by atoms with Gasteiger partial charge in [-0.1, -0.05) is 54.1 Å². The number of aromatic nitrogens is 1. The second-order valence-corrected chi connectivity index (χ2v) is 7.07. The molecule has 0 saturated carbocycles. The zero-order valence-electron chi connectivity index (χ0n) is 15.8. The predicted molar refractivity (Wildman–Crippen MR) is 122 cm³/mol. The number of halogens is 2. The van der Waals surface area contributed by atoms with Gasteiger partial charge in [0.2, 0.25) is 0 Å². The molecule has 29 heavy (non-hydrogen) atoms. The van der Waals surface area contributed by atoms with Crippen molar-refractivity contribution in [1.29, 1.82) is 0 Å². The van der Waals surface area contributed by atoms with E-state index in [2.05, 4.69) is 46.7 Å². The van der Waals surface area contributed by atoms with Gasteiger partial charge in [0.25, 0.3) is 0 Å². The van der Waals surface area contributed by atoms with Crippen LogP contribution >= 0.6 is 24.0 Å². The van der Waals surface area contributed by atoms with Crippen molar-refractivity contribution in [2.45, 2.75) is 19.7 Å². The molecule has 0 saturated heterocycles. The van der Waals surface area contributed by atoms with Crippen molar-refractivity contribution in [2.75, 3.05) is 0 Å². The summed E-state index contributed by atoms with van der Waals surface area (Å²) in [5, 5.41) is 6.68. The molecule has 3 aromatic carbocycles. The maximum Gasteiger partial charge on any atom is 0.124 e. The van der Waals surface area contributed by atoms with Gasteiger partial charge in [0.15, 0.2) is 0 Å². The van der Waals surface area contributed by atoms with E-state index in [1.54, 1.807) is 0 Å². The second kappa shape index (κ2) is 10.3. The van der Waals surface area contributed by atoms with E-state index in [0.717, 1.165) is 29.4 Å². The van der Waals surface area contributed by atoms with Crippen LogP contribution in [0.4, 0.5) is 0 Å². The van der Waals surface area contributed by atoms with Gasteiger partial charge < -0.3 is 10.1 Å². The smallest absolute Gasteiger partial charge is 0.124 e. The van der Waals surface area contributed by atoms with Crippen LogP contribution in [0.3, 0.4) is 0 Å². The van der Waals surface area contributed by atoms with Gasteiger partial charge in [-0.25, -0.2) is 0 Å². The zero-order valence-corrected chi connectivity index (χ0v) is 17.4. The average Bonchev–Trinajstić information content (AvgIpc) is 2.75. The van der Waals surface area contributed by atoms with Crippen LogP contribution in [0.1, 0.15) is 16.7 Å². The summed E-state index contributed by atoms with van der Waals surface area (Å²) in [4.78, 5) is 4.07. The Morgan fingerprint density at radius 2 is 1.55 bits per heavy atom. The van der Waals surface area contributed by atoms with E-state index in [9.17, 15) is 0 Å². The summed E-state index contributed by atoms with van der Waals surface area (Å²) in [5.41, 5.74) is 3.47. The van der Waals surface area contributed by atoms with Crippen molar-refractivity contribution in [1.82, 2.24) is 10.3 Å². The molecular formula is C24H22Cl2N2O. The molecule has 0 aliphatic rings. The molecule has 4 aromatic rings. The van der Waals surface area contributed by atoms with E-state index in [0.29, 0.717) is 6.61 Å². The summed E-state index contributed by atoms with van der Waals surface area (Å²) in [6.07, 6.45) is 3.63. The Bertz CT molecular complexity index is 1050. The standard InChI is InChI=1S/C24H21ClN2O.ClH/c25-21-8-5-19(6-9-21)17-28-24-10-7-20-3-1-2-4-22(20)23(24)16-27-15-18-11-13-26-14-12-18;/h1-14,27H,15-17H2;1H. The number of hydrogen-bond donors (Lipinski definition) is 1. The van der Waals surface area contributed by atoms with Crippen molar-refractivity contribution in [3.63, 3.8) is 0 Å². The summed E-state index contributed by atoms with van der Waals surface area (Å²) in [5.74, 6) is 0.899. The molecule has 0 spiro atoms. The Labute approximate surface area is 182 Å². The van der Waals surface area contributed by atoms with Crippen molar-refractivity contribution in [2.24, 2.45) is 0 Å². The molecule has 5 heteroatoms. The lowest BCUT2D eigenvalue weighted by Crippen LogP contribution is -2.14. The molecule has 0 bridgehead atoms. The van der Waals surface area contributed by atoms with Gasteiger partial charge in [-0.2, -0.15) is 0 Å². The lowest BCUT2D eigenvalue weighted by atomic mass is 10.0. The molecular weight excluding hydrogens is 403 g/mol. The molecule has 0 aliphatic carbocycles. The van der Waals surface area contributed by atoms with Gasteiger partial charge in [0.05, 0.1) is 0 Å². The maximum atomic E-state index is 6.18. The minimum Gasteiger partial charge on any atom is -0.489 e. The zero-order chi connectivity index (χ0) is 19.2. The number of fused-ring (bicyclic) bond motifs is 1. The topological polar surface area (TPSA) is 34.1 Å². The first-order chi connectivity index (χ1) is 13.8. The first kappa shape index (κ1) is 21.1. The Morgan fingerprint density at radius 3 is 2.34 bits per heavy atom. The van der Waals surface area contributed by atoms with Crippen molar-refractivity contribution in [3.05, 3.63) is 107 Å². The molecule has 0 unspecified atom stereocenters. The second-order valence-electron chi connectivity index (χ2n) is 6.64. The van der Waals surface area contributed by atoms with Crippen LogP contribution in [0.15, 0.2) is 85.2 Å². The van der Waals surface area contributed by atoms with Gasteiger partial charge in [0, 0.05) is 36.1 Å². The SMILES string of the molecule is Cl.Clc1ccc(COc2ccc3ccccc3c2CNCc2ccncc2)cc1. The molecule has 0 atom stereocenters. The molecule has 4 rings (SSSR count). The Kier molecular flexibility index (Phi) is 7.48. The number of nitrogens with zero attached hydrogens (tertiary/aromatic N) is 1. The largest absolute Gasteiger partial charge is 0.489 e. The third-order valence-corrected chi connectivity index (χ3v) is 4.94. The third-order valence-electron chi connectivity index (χ3n) is 4.69. The number of pyridine rings is 1. The summed E-state index contributed by atoms with van der Waals surface area (Å²) < 4.78 is 6.18. The Morgan fingerprint density at radius 1 is 0.793 bits per heavy atom. The summed E-state index contributed by atoms with van der Waals surface area (Å²) in [6.45, 7) is 2.01. The van der Waals surface area contributed by atoms with Gasteiger partial charge in [-0.15, -0.1) is 12.4 Å². The third kappa shape index (κ3) is 5.48. The number of rotatable bonds is 7. The van der Waals surface area contributed by atoms with Gasteiger partial charge in [-0.3, -0.25) is 4.98 Å².